The van der Waals surface area contributed by atoms with Crippen LogP contribution in [0.2, 0.25) is 0 Å². The maximum Gasteiger partial charge on any atom is 0.378 e. The molecule has 0 unspecified atom stereocenters. The van der Waals surface area contributed by atoms with Crippen molar-refractivity contribution >= 4 is 29.7 Å². The summed E-state index contributed by atoms with van der Waals surface area (Å²) in [5, 5.41) is 0.382. The summed E-state index contributed by atoms with van der Waals surface area (Å²) >= 11 is 0. The van der Waals surface area contributed by atoms with E-state index in [1.807, 2.05) is 0 Å². The summed E-state index contributed by atoms with van der Waals surface area (Å²) < 4.78 is 10.3. The third-order valence-corrected chi connectivity index (χ3v) is 3.71. The van der Waals surface area contributed by atoms with Gasteiger partial charge in [0.1, 0.15) is 5.60 Å². The Morgan fingerprint density at radius 3 is 2.07 bits per heavy atom. The van der Waals surface area contributed by atoms with Gasteiger partial charge in [-0.25, -0.2) is 4.79 Å². The van der Waals surface area contributed by atoms with Gasteiger partial charge in [-0.15, -0.1) is 5.06 Å². The molecule has 1 aromatic carbocycles. The van der Waals surface area contributed by atoms with Crippen molar-refractivity contribution in [1.29, 1.82) is 0 Å². The standard InChI is InChI=1S/C20H23NO8/c1-20(2,3)28-17(25)12-11-16(24)27-18(13-7-5-4-6-8-13)19(26)29-21-14(22)9-10-15(21)23/h4-8,18H,9-12H2,1-3H3/t18-/m0/s1. The van der Waals surface area contributed by atoms with Gasteiger partial charge in [0.15, 0.2) is 0 Å². The van der Waals surface area contributed by atoms with Crippen LogP contribution in [0.5, 0.6) is 0 Å². The van der Waals surface area contributed by atoms with Crippen molar-refractivity contribution in [3.8, 4) is 0 Å². The number of hydrogen-bond acceptors (Lipinski definition) is 8. The maximum absolute atomic E-state index is 12.5. The second-order valence-electron chi connectivity index (χ2n) is 7.36. The predicted molar refractivity (Wildman–Crippen MR) is 97.5 cm³/mol. The lowest BCUT2D eigenvalue weighted by atomic mass is 10.1. The molecule has 1 fully saturated rings. The number of esters is 2. The molecule has 1 aliphatic rings. The minimum absolute atomic E-state index is 0.0577. The fraction of sp³-hybridized carbons (Fsp3) is 0.450. The molecule has 0 radical (unpaired) electrons. The van der Waals surface area contributed by atoms with Crippen LogP contribution in [0.4, 0.5) is 0 Å². The third kappa shape index (κ3) is 6.70. The number of carbonyl (C=O) groups is 5. The van der Waals surface area contributed by atoms with E-state index in [0.717, 1.165) is 0 Å². The summed E-state index contributed by atoms with van der Waals surface area (Å²) in [5.74, 6) is -3.80. The van der Waals surface area contributed by atoms with Gasteiger partial charge in [-0.2, -0.15) is 0 Å². The van der Waals surface area contributed by atoms with Crippen LogP contribution in [-0.4, -0.2) is 40.4 Å². The second kappa shape index (κ2) is 9.31. The summed E-state index contributed by atoms with van der Waals surface area (Å²) in [6.07, 6.45) is -2.15. The fourth-order valence-electron chi connectivity index (χ4n) is 2.46. The molecule has 1 aromatic rings. The first-order chi connectivity index (χ1) is 13.6. The summed E-state index contributed by atoms with van der Waals surface area (Å²) in [4.78, 5) is 64.6. The van der Waals surface area contributed by atoms with E-state index in [1.54, 1.807) is 39.0 Å². The van der Waals surface area contributed by atoms with Crippen molar-refractivity contribution in [2.75, 3.05) is 0 Å². The van der Waals surface area contributed by atoms with E-state index in [9.17, 15) is 24.0 Å². The third-order valence-electron chi connectivity index (χ3n) is 3.71. The van der Waals surface area contributed by atoms with E-state index in [0.29, 0.717) is 10.6 Å². The molecule has 2 amide bonds. The van der Waals surface area contributed by atoms with Crippen molar-refractivity contribution in [3.05, 3.63) is 35.9 Å². The van der Waals surface area contributed by atoms with Crippen LogP contribution >= 0.6 is 0 Å². The number of imide groups is 1. The van der Waals surface area contributed by atoms with E-state index >= 15 is 0 Å². The first kappa shape index (κ1) is 22.1. The quantitative estimate of drug-likeness (QED) is 0.499. The van der Waals surface area contributed by atoms with Crippen LogP contribution in [0.3, 0.4) is 0 Å². The molecular weight excluding hydrogens is 382 g/mol. The van der Waals surface area contributed by atoms with Crippen LogP contribution in [0.25, 0.3) is 0 Å². The van der Waals surface area contributed by atoms with Gasteiger partial charge in [-0.05, 0) is 20.8 Å². The van der Waals surface area contributed by atoms with Gasteiger partial charge < -0.3 is 14.3 Å². The Balaban J connectivity index is 2.04. The summed E-state index contributed by atoms with van der Waals surface area (Å²) in [6.45, 7) is 5.10. The van der Waals surface area contributed by atoms with E-state index < -0.39 is 41.4 Å². The molecule has 156 valence electrons. The Morgan fingerprint density at radius 2 is 1.52 bits per heavy atom. The number of carbonyl (C=O) groups excluding carboxylic acids is 5. The molecule has 9 nitrogen and oxygen atoms in total. The largest absolute Gasteiger partial charge is 0.460 e. The Kier molecular flexibility index (Phi) is 7.08. The first-order valence-corrected chi connectivity index (χ1v) is 9.10. The zero-order chi connectivity index (χ0) is 21.6. The number of rotatable bonds is 7. The molecule has 1 heterocycles. The molecule has 1 aliphatic heterocycles. The molecule has 2 rings (SSSR count). The molecule has 0 aromatic heterocycles. The predicted octanol–water partition coefficient (Wildman–Crippen LogP) is 2.00. The number of benzene rings is 1. The summed E-state index contributed by atoms with van der Waals surface area (Å²) in [5.41, 5.74) is -0.395. The topological polar surface area (TPSA) is 116 Å². The average Bonchev–Trinajstić information content (AvgIpc) is 2.95. The van der Waals surface area contributed by atoms with Crippen molar-refractivity contribution < 1.29 is 38.3 Å². The van der Waals surface area contributed by atoms with Gasteiger partial charge in [0.05, 0.1) is 12.8 Å². The van der Waals surface area contributed by atoms with Crippen molar-refractivity contribution in [3.63, 3.8) is 0 Å². The van der Waals surface area contributed by atoms with Gasteiger partial charge in [0, 0.05) is 18.4 Å². The van der Waals surface area contributed by atoms with E-state index in [-0.39, 0.29) is 25.7 Å². The fourth-order valence-corrected chi connectivity index (χ4v) is 2.46. The van der Waals surface area contributed by atoms with Crippen molar-refractivity contribution in [1.82, 2.24) is 5.06 Å². The molecule has 0 aliphatic carbocycles. The molecule has 1 saturated heterocycles. The monoisotopic (exact) mass is 405 g/mol. The smallest absolute Gasteiger partial charge is 0.378 e. The SMILES string of the molecule is CC(C)(C)OC(=O)CCC(=O)O[C@H](C(=O)ON1C(=O)CCC1=O)c1ccccc1. The van der Waals surface area contributed by atoms with Gasteiger partial charge in [-0.3, -0.25) is 19.2 Å². The van der Waals surface area contributed by atoms with E-state index in [2.05, 4.69) is 0 Å². The van der Waals surface area contributed by atoms with Gasteiger partial charge in [0.2, 0.25) is 6.10 Å². The number of amides is 2. The number of hydrogen-bond donors (Lipinski definition) is 0. The number of nitrogens with zero attached hydrogens (tertiary/aromatic N) is 1. The highest BCUT2D eigenvalue weighted by Crippen LogP contribution is 2.23. The van der Waals surface area contributed by atoms with Crippen LogP contribution in [0, 0.1) is 0 Å². The molecule has 0 saturated carbocycles. The van der Waals surface area contributed by atoms with Crippen LogP contribution in [0.1, 0.15) is 58.1 Å². The zero-order valence-electron chi connectivity index (χ0n) is 16.5. The highest BCUT2D eigenvalue weighted by Gasteiger charge is 2.36. The lowest BCUT2D eigenvalue weighted by Gasteiger charge is -2.20. The lowest BCUT2D eigenvalue weighted by Crippen LogP contribution is -2.35. The molecule has 0 bridgehead atoms. The van der Waals surface area contributed by atoms with Crippen LogP contribution in [0.15, 0.2) is 30.3 Å². The number of hydroxylamine groups is 2. The minimum Gasteiger partial charge on any atom is -0.460 e. The first-order valence-electron chi connectivity index (χ1n) is 9.10. The van der Waals surface area contributed by atoms with Crippen LogP contribution < -0.4 is 0 Å². The van der Waals surface area contributed by atoms with Gasteiger partial charge in [0.25, 0.3) is 11.8 Å². The van der Waals surface area contributed by atoms with Crippen molar-refractivity contribution in [2.45, 2.75) is 58.2 Å². The lowest BCUT2D eigenvalue weighted by molar-refractivity contribution is -0.206. The molecule has 9 heteroatoms. The van der Waals surface area contributed by atoms with E-state index in [4.69, 9.17) is 14.3 Å². The zero-order valence-corrected chi connectivity index (χ0v) is 16.5. The summed E-state index contributed by atoms with van der Waals surface area (Å²) in [7, 11) is 0. The van der Waals surface area contributed by atoms with Gasteiger partial charge >= 0.3 is 17.9 Å². The Bertz CT molecular complexity index is 780. The molecule has 1 atom stereocenters. The highest BCUT2D eigenvalue weighted by molar-refractivity contribution is 6.01. The maximum atomic E-state index is 12.5. The highest BCUT2D eigenvalue weighted by atomic mass is 16.7. The van der Waals surface area contributed by atoms with Gasteiger partial charge in [-0.1, -0.05) is 30.3 Å². The van der Waals surface area contributed by atoms with Crippen LogP contribution in [-0.2, 0) is 38.3 Å². The molecule has 29 heavy (non-hydrogen) atoms. The second-order valence-corrected chi connectivity index (χ2v) is 7.36. The van der Waals surface area contributed by atoms with Crippen molar-refractivity contribution in [2.24, 2.45) is 0 Å². The normalized spacial score (nSPS) is 15.1. The Hall–Kier alpha value is -3.23. The summed E-state index contributed by atoms with van der Waals surface area (Å²) in [6, 6.07) is 8.00. The molecule has 0 N–H and O–H groups in total. The number of ether oxygens (including phenoxy) is 2. The Labute approximate surface area is 167 Å². The average molecular weight is 405 g/mol. The minimum atomic E-state index is -1.50. The Morgan fingerprint density at radius 1 is 0.966 bits per heavy atom. The molecular formula is C20H23NO8. The van der Waals surface area contributed by atoms with E-state index in [1.165, 1.54) is 12.1 Å². The molecule has 0 spiro atoms.